The second kappa shape index (κ2) is 6.36. The quantitative estimate of drug-likeness (QED) is 0.837. The lowest BCUT2D eigenvalue weighted by molar-refractivity contribution is -0.0338. The number of hydrogen-bond acceptors (Lipinski definition) is 3. The van der Waals surface area contributed by atoms with E-state index in [1.807, 2.05) is 0 Å². The fraction of sp³-hybridized carbons (Fsp3) is 1.00. The molecule has 0 amide bonds. The van der Waals surface area contributed by atoms with Gasteiger partial charge in [-0.25, -0.2) is 0 Å². The van der Waals surface area contributed by atoms with Gasteiger partial charge in [0.2, 0.25) is 0 Å². The molecule has 1 saturated heterocycles. The summed E-state index contributed by atoms with van der Waals surface area (Å²) < 4.78 is 5.87. The van der Waals surface area contributed by atoms with Crippen LogP contribution in [0.15, 0.2) is 0 Å². The summed E-state index contributed by atoms with van der Waals surface area (Å²) in [5.41, 5.74) is 6.36. The molecule has 3 atom stereocenters. The van der Waals surface area contributed by atoms with E-state index in [0.717, 1.165) is 25.6 Å². The predicted molar refractivity (Wildman–Crippen MR) is 75.6 cm³/mol. The van der Waals surface area contributed by atoms with Gasteiger partial charge in [-0.3, -0.25) is 4.90 Å². The maximum atomic E-state index is 6.12. The van der Waals surface area contributed by atoms with E-state index in [2.05, 4.69) is 18.9 Å². The van der Waals surface area contributed by atoms with Crippen molar-refractivity contribution in [1.29, 1.82) is 0 Å². The summed E-state index contributed by atoms with van der Waals surface area (Å²) in [4.78, 5) is 2.51. The monoisotopic (exact) mass is 254 g/mol. The van der Waals surface area contributed by atoms with Crippen molar-refractivity contribution < 1.29 is 4.74 Å². The van der Waals surface area contributed by atoms with Gasteiger partial charge in [-0.1, -0.05) is 19.8 Å². The number of nitrogens with two attached hydrogens (primary N) is 1. The second-order valence-electron chi connectivity index (χ2n) is 6.50. The van der Waals surface area contributed by atoms with Crippen molar-refractivity contribution in [2.45, 2.75) is 63.5 Å². The van der Waals surface area contributed by atoms with Crippen LogP contribution < -0.4 is 5.73 Å². The zero-order valence-corrected chi connectivity index (χ0v) is 12.2. The first-order valence-electron chi connectivity index (χ1n) is 7.69. The van der Waals surface area contributed by atoms with Crippen molar-refractivity contribution in [2.75, 3.05) is 26.7 Å². The molecule has 1 aliphatic carbocycles. The van der Waals surface area contributed by atoms with Gasteiger partial charge in [-0.05, 0) is 45.1 Å². The normalized spacial score (nSPS) is 38.0. The van der Waals surface area contributed by atoms with Crippen molar-refractivity contribution in [3.63, 3.8) is 0 Å². The summed E-state index contributed by atoms with van der Waals surface area (Å²) in [6.07, 6.45) is 9.43. The zero-order chi connectivity index (χ0) is 13.0. The highest BCUT2D eigenvalue weighted by Crippen LogP contribution is 2.36. The van der Waals surface area contributed by atoms with Crippen LogP contribution in [-0.2, 0) is 4.74 Å². The van der Waals surface area contributed by atoms with Crippen molar-refractivity contribution in [3.8, 4) is 0 Å². The van der Waals surface area contributed by atoms with Crippen molar-refractivity contribution in [1.82, 2.24) is 4.90 Å². The third kappa shape index (κ3) is 3.25. The van der Waals surface area contributed by atoms with Crippen LogP contribution in [0.2, 0.25) is 0 Å². The molecule has 0 bridgehead atoms. The molecule has 0 aromatic rings. The molecule has 0 spiro atoms. The van der Waals surface area contributed by atoms with Crippen molar-refractivity contribution in [3.05, 3.63) is 0 Å². The Morgan fingerprint density at radius 3 is 2.72 bits per heavy atom. The highest BCUT2D eigenvalue weighted by atomic mass is 16.5. The smallest absolute Gasteiger partial charge is 0.0702 e. The van der Waals surface area contributed by atoms with Crippen LogP contribution in [0.5, 0.6) is 0 Å². The third-order valence-corrected chi connectivity index (χ3v) is 5.01. The zero-order valence-electron chi connectivity index (χ0n) is 12.2. The third-order valence-electron chi connectivity index (χ3n) is 5.01. The van der Waals surface area contributed by atoms with Gasteiger partial charge < -0.3 is 10.5 Å². The van der Waals surface area contributed by atoms with E-state index in [-0.39, 0.29) is 5.54 Å². The molecule has 3 unspecified atom stereocenters. The summed E-state index contributed by atoms with van der Waals surface area (Å²) in [6, 6.07) is 0. The van der Waals surface area contributed by atoms with Crippen LogP contribution in [0.1, 0.15) is 51.9 Å². The maximum Gasteiger partial charge on any atom is 0.0702 e. The van der Waals surface area contributed by atoms with E-state index in [0.29, 0.717) is 6.10 Å². The molecule has 3 nitrogen and oxygen atoms in total. The molecule has 2 aliphatic rings. The van der Waals surface area contributed by atoms with Gasteiger partial charge in [0.15, 0.2) is 0 Å². The van der Waals surface area contributed by atoms with Crippen LogP contribution in [0.25, 0.3) is 0 Å². The molecule has 2 N–H and O–H groups in total. The lowest BCUT2D eigenvalue weighted by Gasteiger charge is -2.47. The summed E-state index contributed by atoms with van der Waals surface area (Å²) in [7, 11) is 2.25. The van der Waals surface area contributed by atoms with Crippen molar-refractivity contribution in [2.24, 2.45) is 11.7 Å². The van der Waals surface area contributed by atoms with E-state index >= 15 is 0 Å². The van der Waals surface area contributed by atoms with Crippen LogP contribution in [0, 0.1) is 5.92 Å². The Hall–Kier alpha value is -0.120. The molecule has 2 rings (SSSR count). The fourth-order valence-electron chi connectivity index (χ4n) is 3.77. The molecule has 1 saturated carbocycles. The minimum absolute atomic E-state index is 0.235. The average Bonchev–Trinajstić information content (AvgIpc) is 2.39. The van der Waals surface area contributed by atoms with E-state index in [1.54, 1.807) is 0 Å². The summed E-state index contributed by atoms with van der Waals surface area (Å²) in [6.45, 7) is 5.17. The lowest BCUT2D eigenvalue weighted by Crippen LogP contribution is -2.56. The number of nitrogens with zero attached hydrogens (tertiary/aromatic N) is 1. The fourth-order valence-corrected chi connectivity index (χ4v) is 3.77. The number of likely N-dealkylation sites (N-methyl/N-ethyl adjacent to an activating group) is 1. The summed E-state index contributed by atoms with van der Waals surface area (Å²) in [5.74, 6) is 0.817. The molecule has 2 fully saturated rings. The standard InChI is InChI=1S/C15H30N2O/c1-13-6-5-8-15(10-13,12-16)17(2)11-14-7-3-4-9-18-14/h13-14H,3-12,16H2,1-2H3. The molecule has 3 heteroatoms. The number of ether oxygens (including phenoxy) is 1. The molecule has 0 aromatic carbocycles. The first-order chi connectivity index (χ1) is 8.66. The Balaban J connectivity index is 1.93. The Morgan fingerprint density at radius 2 is 2.11 bits per heavy atom. The number of hydrogen-bond donors (Lipinski definition) is 1. The second-order valence-corrected chi connectivity index (χ2v) is 6.50. The van der Waals surface area contributed by atoms with Gasteiger partial charge in [0, 0.05) is 25.2 Å². The van der Waals surface area contributed by atoms with Gasteiger partial charge in [0.1, 0.15) is 0 Å². The Morgan fingerprint density at radius 1 is 1.28 bits per heavy atom. The molecular formula is C15H30N2O. The van der Waals surface area contributed by atoms with Crippen LogP contribution in [0.4, 0.5) is 0 Å². The molecule has 0 radical (unpaired) electrons. The summed E-state index contributed by atoms with van der Waals surface area (Å²) >= 11 is 0. The SMILES string of the molecule is CC1CCCC(CN)(N(C)CC2CCCCO2)C1. The molecule has 106 valence electrons. The Bertz CT molecular complexity index is 253. The predicted octanol–water partition coefficient (Wildman–Crippen LogP) is 2.39. The van der Waals surface area contributed by atoms with Crippen LogP contribution >= 0.6 is 0 Å². The molecular weight excluding hydrogens is 224 g/mol. The van der Waals surface area contributed by atoms with E-state index < -0.39 is 0 Å². The van der Waals surface area contributed by atoms with Gasteiger partial charge in [0.05, 0.1) is 6.10 Å². The highest BCUT2D eigenvalue weighted by Gasteiger charge is 2.38. The van der Waals surface area contributed by atoms with E-state index in [9.17, 15) is 0 Å². The van der Waals surface area contributed by atoms with E-state index in [4.69, 9.17) is 10.5 Å². The van der Waals surface area contributed by atoms with Gasteiger partial charge in [-0.15, -0.1) is 0 Å². The molecule has 1 heterocycles. The van der Waals surface area contributed by atoms with Gasteiger partial charge in [0.25, 0.3) is 0 Å². The Labute approximate surface area is 112 Å². The lowest BCUT2D eigenvalue weighted by atomic mass is 9.75. The van der Waals surface area contributed by atoms with Gasteiger partial charge >= 0.3 is 0 Å². The van der Waals surface area contributed by atoms with Crippen molar-refractivity contribution >= 4 is 0 Å². The molecule has 18 heavy (non-hydrogen) atoms. The minimum Gasteiger partial charge on any atom is -0.377 e. The molecule has 1 aliphatic heterocycles. The first kappa shape index (κ1) is 14.3. The topological polar surface area (TPSA) is 38.5 Å². The van der Waals surface area contributed by atoms with Crippen LogP contribution in [-0.4, -0.2) is 43.3 Å². The molecule has 0 aromatic heterocycles. The summed E-state index contributed by atoms with van der Waals surface area (Å²) in [5, 5.41) is 0. The number of rotatable bonds is 4. The Kier molecular flexibility index (Phi) is 5.05. The van der Waals surface area contributed by atoms with E-state index in [1.165, 1.54) is 44.9 Å². The highest BCUT2D eigenvalue weighted by molar-refractivity contribution is 4.95. The largest absolute Gasteiger partial charge is 0.377 e. The van der Waals surface area contributed by atoms with Crippen LogP contribution in [0.3, 0.4) is 0 Å². The van der Waals surface area contributed by atoms with Gasteiger partial charge in [-0.2, -0.15) is 0 Å². The maximum absolute atomic E-state index is 6.12. The average molecular weight is 254 g/mol. The first-order valence-corrected chi connectivity index (χ1v) is 7.69. The minimum atomic E-state index is 0.235.